The van der Waals surface area contributed by atoms with Gasteiger partial charge in [-0.15, -0.1) is 0 Å². The lowest BCUT2D eigenvalue weighted by molar-refractivity contribution is -0.139. The largest absolute Gasteiger partial charge is 0.481 e. The van der Waals surface area contributed by atoms with Gasteiger partial charge >= 0.3 is 5.97 Å². The lowest BCUT2D eigenvalue weighted by Gasteiger charge is -2.08. The standard InChI is InChI=1S/C12H14O3/c1-7-4-5-10(8(2)6-7)11(13)9(3)12(14)15/h4-6,9H,1-3H3,(H,14,15). The molecule has 80 valence electrons. The predicted molar refractivity (Wildman–Crippen MR) is 57.0 cm³/mol. The van der Waals surface area contributed by atoms with Gasteiger partial charge in [0.15, 0.2) is 5.78 Å². The van der Waals surface area contributed by atoms with Gasteiger partial charge in [-0.05, 0) is 26.3 Å². The highest BCUT2D eigenvalue weighted by molar-refractivity contribution is 6.08. The molecule has 15 heavy (non-hydrogen) atoms. The van der Waals surface area contributed by atoms with Crippen molar-refractivity contribution in [1.82, 2.24) is 0 Å². The van der Waals surface area contributed by atoms with E-state index in [1.54, 1.807) is 6.07 Å². The molecule has 0 aromatic heterocycles. The Morgan fingerprint density at radius 1 is 1.27 bits per heavy atom. The number of carbonyl (C=O) groups excluding carboxylic acids is 1. The van der Waals surface area contributed by atoms with Crippen LogP contribution in [0.4, 0.5) is 0 Å². The summed E-state index contributed by atoms with van der Waals surface area (Å²) in [7, 11) is 0. The van der Waals surface area contributed by atoms with E-state index in [0.29, 0.717) is 5.56 Å². The van der Waals surface area contributed by atoms with Crippen LogP contribution in [0.15, 0.2) is 18.2 Å². The Morgan fingerprint density at radius 2 is 1.87 bits per heavy atom. The normalized spacial score (nSPS) is 12.2. The van der Waals surface area contributed by atoms with Gasteiger partial charge in [0, 0.05) is 5.56 Å². The summed E-state index contributed by atoms with van der Waals surface area (Å²) < 4.78 is 0. The molecule has 1 N–H and O–H groups in total. The van der Waals surface area contributed by atoms with Crippen molar-refractivity contribution < 1.29 is 14.7 Å². The van der Waals surface area contributed by atoms with Crippen LogP contribution in [0, 0.1) is 19.8 Å². The van der Waals surface area contributed by atoms with Crippen LogP contribution in [0.25, 0.3) is 0 Å². The molecule has 0 radical (unpaired) electrons. The number of carbonyl (C=O) groups is 2. The Bertz CT molecular complexity index is 407. The first-order valence-electron chi connectivity index (χ1n) is 4.77. The first-order valence-corrected chi connectivity index (χ1v) is 4.77. The third-order valence-corrected chi connectivity index (χ3v) is 2.41. The molecule has 3 nitrogen and oxygen atoms in total. The van der Waals surface area contributed by atoms with E-state index in [1.807, 2.05) is 26.0 Å². The van der Waals surface area contributed by atoms with E-state index in [4.69, 9.17) is 5.11 Å². The summed E-state index contributed by atoms with van der Waals surface area (Å²) in [6, 6.07) is 5.38. The fourth-order valence-corrected chi connectivity index (χ4v) is 1.44. The van der Waals surface area contributed by atoms with E-state index in [2.05, 4.69) is 0 Å². The number of ketones is 1. The average molecular weight is 206 g/mol. The monoisotopic (exact) mass is 206 g/mol. The quantitative estimate of drug-likeness (QED) is 0.609. The molecule has 1 aromatic rings. The van der Waals surface area contributed by atoms with Crippen LogP contribution in [0.1, 0.15) is 28.4 Å². The molecule has 0 aliphatic heterocycles. The fourth-order valence-electron chi connectivity index (χ4n) is 1.44. The lowest BCUT2D eigenvalue weighted by atomic mass is 9.95. The number of hydrogen-bond acceptors (Lipinski definition) is 2. The molecule has 1 aromatic carbocycles. The minimum Gasteiger partial charge on any atom is -0.481 e. The molecule has 0 amide bonds. The van der Waals surface area contributed by atoms with Gasteiger partial charge in [-0.2, -0.15) is 0 Å². The number of benzene rings is 1. The Kier molecular flexibility index (Phi) is 3.24. The molecular weight excluding hydrogens is 192 g/mol. The van der Waals surface area contributed by atoms with Gasteiger partial charge in [0.25, 0.3) is 0 Å². The van der Waals surface area contributed by atoms with E-state index in [9.17, 15) is 9.59 Å². The molecule has 1 rings (SSSR count). The van der Waals surface area contributed by atoms with Crippen LogP contribution in [-0.2, 0) is 4.79 Å². The zero-order chi connectivity index (χ0) is 11.6. The predicted octanol–water partition coefficient (Wildman–Crippen LogP) is 2.21. The van der Waals surface area contributed by atoms with Crippen molar-refractivity contribution in [2.45, 2.75) is 20.8 Å². The maximum absolute atomic E-state index is 11.7. The van der Waals surface area contributed by atoms with Crippen LogP contribution in [0.3, 0.4) is 0 Å². The van der Waals surface area contributed by atoms with Crippen molar-refractivity contribution in [3.8, 4) is 0 Å². The van der Waals surface area contributed by atoms with Crippen molar-refractivity contribution >= 4 is 11.8 Å². The maximum atomic E-state index is 11.7. The average Bonchev–Trinajstić information content (AvgIpc) is 2.15. The molecule has 0 saturated carbocycles. The van der Waals surface area contributed by atoms with E-state index in [-0.39, 0.29) is 5.78 Å². The van der Waals surface area contributed by atoms with Gasteiger partial charge in [0.05, 0.1) is 0 Å². The summed E-state index contributed by atoms with van der Waals surface area (Å²) in [4.78, 5) is 22.4. The molecule has 0 aliphatic carbocycles. The number of carboxylic acids is 1. The summed E-state index contributed by atoms with van der Waals surface area (Å²) in [5, 5.41) is 8.74. The van der Waals surface area contributed by atoms with Gasteiger partial charge in [-0.3, -0.25) is 9.59 Å². The first kappa shape index (κ1) is 11.4. The van der Waals surface area contributed by atoms with E-state index in [0.717, 1.165) is 11.1 Å². The molecule has 0 bridgehead atoms. The summed E-state index contributed by atoms with van der Waals surface area (Å²) >= 11 is 0. The summed E-state index contributed by atoms with van der Waals surface area (Å²) in [5.41, 5.74) is 2.38. The van der Waals surface area contributed by atoms with Gasteiger partial charge < -0.3 is 5.11 Å². The summed E-state index contributed by atoms with van der Waals surface area (Å²) in [6.07, 6.45) is 0. The van der Waals surface area contributed by atoms with Crippen molar-refractivity contribution in [2.24, 2.45) is 5.92 Å². The van der Waals surface area contributed by atoms with E-state index in [1.165, 1.54) is 6.92 Å². The Morgan fingerprint density at radius 3 is 2.33 bits per heavy atom. The number of Topliss-reactive ketones (excluding diaryl/α,β-unsaturated/α-hetero) is 1. The van der Waals surface area contributed by atoms with Crippen LogP contribution < -0.4 is 0 Å². The van der Waals surface area contributed by atoms with Gasteiger partial charge in [-0.1, -0.05) is 23.8 Å². The van der Waals surface area contributed by atoms with E-state index >= 15 is 0 Å². The molecule has 1 unspecified atom stereocenters. The van der Waals surface area contributed by atoms with Crippen molar-refractivity contribution in [2.75, 3.05) is 0 Å². The maximum Gasteiger partial charge on any atom is 0.314 e. The number of aliphatic carboxylic acids is 1. The van der Waals surface area contributed by atoms with Crippen LogP contribution in [-0.4, -0.2) is 16.9 Å². The number of hydrogen-bond donors (Lipinski definition) is 1. The minimum atomic E-state index is -1.08. The van der Waals surface area contributed by atoms with Gasteiger partial charge in [-0.25, -0.2) is 0 Å². The second-order valence-corrected chi connectivity index (χ2v) is 3.74. The lowest BCUT2D eigenvalue weighted by Crippen LogP contribution is -2.21. The highest BCUT2D eigenvalue weighted by Crippen LogP contribution is 2.15. The minimum absolute atomic E-state index is 0.333. The second kappa shape index (κ2) is 4.26. The molecule has 0 heterocycles. The first-order chi connectivity index (χ1) is 6.93. The van der Waals surface area contributed by atoms with E-state index < -0.39 is 11.9 Å². The SMILES string of the molecule is Cc1ccc(C(=O)C(C)C(=O)O)c(C)c1. The third kappa shape index (κ3) is 2.43. The molecular formula is C12H14O3. The number of aryl methyl sites for hydroxylation is 2. The summed E-state index contributed by atoms with van der Waals surface area (Å²) in [5.74, 6) is -2.40. The van der Waals surface area contributed by atoms with Gasteiger partial charge in [0.2, 0.25) is 0 Å². The van der Waals surface area contributed by atoms with Gasteiger partial charge in [0.1, 0.15) is 5.92 Å². The molecule has 0 aliphatic rings. The Hall–Kier alpha value is -1.64. The number of carboxylic acid groups (broad SMARTS) is 1. The third-order valence-electron chi connectivity index (χ3n) is 2.41. The topological polar surface area (TPSA) is 54.4 Å². The highest BCUT2D eigenvalue weighted by atomic mass is 16.4. The molecule has 0 fully saturated rings. The molecule has 1 atom stereocenters. The van der Waals surface area contributed by atoms with Crippen LogP contribution in [0.2, 0.25) is 0 Å². The molecule has 0 saturated heterocycles. The zero-order valence-electron chi connectivity index (χ0n) is 9.07. The zero-order valence-corrected chi connectivity index (χ0v) is 9.07. The van der Waals surface area contributed by atoms with Crippen LogP contribution >= 0.6 is 0 Å². The number of rotatable bonds is 3. The Balaban J connectivity index is 3.07. The molecule has 3 heteroatoms. The van der Waals surface area contributed by atoms with Crippen LogP contribution in [0.5, 0.6) is 0 Å². The molecule has 0 spiro atoms. The Labute approximate surface area is 88.7 Å². The van der Waals surface area contributed by atoms with Crippen molar-refractivity contribution in [3.63, 3.8) is 0 Å². The second-order valence-electron chi connectivity index (χ2n) is 3.74. The highest BCUT2D eigenvalue weighted by Gasteiger charge is 2.22. The fraction of sp³-hybridized carbons (Fsp3) is 0.333. The smallest absolute Gasteiger partial charge is 0.314 e. The summed E-state index contributed by atoms with van der Waals surface area (Å²) in [6.45, 7) is 5.15. The van der Waals surface area contributed by atoms with Crippen molar-refractivity contribution in [3.05, 3.63) is 34.9 Å². The van der Waals surface area contributed by atoms with Crippen molar-refractivity contribution in [1.29, 1.82) is 0 Å².